The van der Waals surface area contributed by atoms with Crippen molar-refractivity contribution in [2.24, 2.45) is 0 Å². The number of benzene rings is 3. The first-order chi connectivity index (χ1) is 16.9. The maximum atomic E-state index is 2.37. The van der Waals surface area contributed by atoms with Crippen molar-refractivity contribution in [3.05, 3.63) is 91.0 Å². The highest BCUT2D eigenvalue weighted by atomic mass is 31.2. The molecule has 0 nitrogen and oxygen atoms in total. The number of hydrogen-bond donors (Lipinski definition) is 0. The number of rotatable bonds is 17. The van der Waals surface area contributed by atoms with Gasteiger partial charge in [-0.3, -0.25) is 0 Å². The van der Waals surface area contributed by atoms with E-state index in [0.29, 0.717) is 0 Å². The van der Waals surface area contributed by atoms with Crippen molar-refractivity contribution in [2.75, 3.05) is 6.16 Å². The molecule has 3 aromatic rings. The van der Waals surface area contributed by atoms with Crippen molar-refractivity contribution in [1.82, 2.24) is 0 Å². The summed E-state index contributed by atoms with van der Waals surface area (Å²) in [5.41, 5.74) is 0. The molecule has 190 valence electrons. The first-order valence-corrected chi connectivity index (χ1v) is 15.9. The molecule has 3 rings (SSSR count). The molecule has 0 unspecified atom stereocenters. The molecule has 0 bridgehead atoms. The van der Waals surface area contributed by atoms with Gasteiger partial charge in [-0.15, -0.1) is 0 Å². The molecule has 1 heteroatoms. The van der Waals surface area contributed by atoms with Crippen molar-refractivity contribution in [1.29, 1.82) is 0 Å². The van der Waals surface area contributed by atoms with Gasteiger partial charge in [0.15, 0.2) is 0 Å². The SMILES string of the molecule is C.CCCCCCCCCCCCCCC[P+](c1ccccc1)(c1ccccc1)c1ccccc1. The summed E-state index contributed by atoms with van der Waals surface area (Å²) in [7, 11) is -1.64. The lowest BCUT2D eigenvalue weighted by molar-refractivity contribution is 0.543. The molecule has 35 heavy (non-hydrogen) atoms. The van der Waals surface area contributed by atoms with Crippen LogP contribution in [0.1, 0.15) is 97.8 Å². The van der Waals surface area contributed by atoms with E-state index < -0.39 is 7.26 Å². The van der Waals surface area contributed by atoms with E-state index in [2.05, 4.69) is 97.9 Å². The molecule has 0 aliphatic heterocycles. The highest BCUT2D eigenvalue weighted by Gasteiger charge is 2.44. The van der Waals surface area contributed by atoms with Gasteiger partial charge in [0.05, 0.1) is 6.16 Å². The van der Waals surface area contributed by atoms with Crippen molar-refractivity contribution >= 4 is 23.2 Å². The van der Waals surface area contributed by atoms with Crippen LogP contribution in [0.3, 0.4) is 0 Å². The molecule has 0 aliphatic carbocycles. The predicted molar refractivity (Wildman–Crippen MR) is 162 cm³/mol. The van der Waals surface area contributed by atoms with E-state index in [9.17, 15) is 0 Å². The van der Waals surface area contributed by atoms with Gasteiger partial charge in [0, 0.05) is 0 Å². The Kier molecular flexibility index (Phi) is 14.7. The molecule has 0 atom stereocenters. The zero-order valence-corrected chi connectivity index (χ0v) is 22.4. The van der Waals surface area contributed by atoms with Crippen LogP contribution in [-0.2, 0) is 0 Å². The third-order valence-electron chi connectivity index (χ3n) is 7.19. The molecule has 0 saturated carbocycles. The molecular formula is C34H50P+. The Morgan fingerprint density at radius 2 is 0.686 bits per heavy atom. The fourth-order valence-electron chi connectivity index (χ4n) is 5.25. The van der Waals surface area contributed by atoms with Gasteiger partial charge in [-0.1, -0.05) is 140 Å². The summed E-state index contributed by atoms with van der Waals surface area (Å²) in [5, 5.41) is 4.56. The molecule has 0 N–H and O–H groups in total. The summed E-state index contributed by atoms with van der Waals surface area (Å²) in [5.74, 6) is 0. The van der Waals surface area contributed by atoms with E-state index in [0.717, 1.165) is 0 Å². The van der Waals surface area contributed by atoms with Crippen LogP contribution in [0, 0.1) is 0 Å². The quantitative estimate of drug-likeness (QED) is 0.131. The lowest BCUT2D eigenvalue weighted by atomic mass is 10.1. The first kappa shape index (κ1) is 29.3. The Morgan fingerprint density at radius 1 is 0.400 bits per heavy atom. The van der Waals surface area contributed by atoms with Gasteiger partial charge in [0.25, 0.3) is 0 Å². The smallest absolute Gasteiger partial charge is 0.0776 e. The zero-order chi connectivity index (χ0) is 23.7. The van der Waals surface area contributed by atoms with Crippen molar-refractivity contribution < 1.29 is 0 Å². The number of unbranched alkanes of at least 4 members (excludes halogenated alkanes) is 12. The van der Waals surface area contributed by atoms with Gasteiger partial charge in [-0.05, 0) is 49.2 Å². The van der Waals surface area contributed by atoms with Crippen LogP contribution >= 0.6 is 7.26 Å². The zero-order valence-electron chi connectivity index (χ0n) is 21.5. The number of hydrogen-bond acceptors (Lipinski definition) is 0. The Morgan fingerprint density at radius 3 is 1.00 bits per heavy atom. The second kappa shape index (κ2) is 17.5. The Balaban J connectivity index is 0.00000432. The van der Waals surface area contributed by atoms with Crippen LogP contribution in [0.5, 0.6) is 0 Å². The lowest BCUT2D eigenvalue weighted by Crippen LogP contribution is -2.33. The molecule has 0 spiro atoms. The summed E-state index contributed by atoms with van der Waals surface area (Å²) in [6.45, 7) is 2.30. The molecule has 0 aromatic heterocycles. The molecule has 0 fully saturated rings. The van der Waals surface area contributed by atoms with Gasteiger partial charge in [0.2, 0.25) is 0 Å². The van der Waals surface area contributed by atoms with Gasteiger partial charge in [-0.2, -0.15) is 0 Å². The summed E-state index contributed by atoms with van der Waals surface area (Å²) < 4.78 is 0. The summed E-state index contributed by atoms with van der Waals surface area (Å²) in [4.78, 5) is 0. The maximum Gasteiger partial charge on any atom is 0.112 e. The molecule has 0 heterocycles. The third-order valence-corrected chi connectivity index (χ3v) is 11.7. The Bertz CT molecular complexity index is 776. The van der Waals surface area contributed by atoms with Gasteiger partial charge >= 0.3 is 0 Å². The topological polar surface area (TPSA) is 0 Å². The average molecular weight is 490 g/mol. The fraction of sp³-hybridized carbons (Fsp3) is 0.471. The largest absolute Gasteiger partial charge is 0.112 e. The molecule has 3 aromatic carbocycles. The molecule has 0 amide bonds. The van der Waals surface area contributed by atoms with E-state index in [1.165, 1.54) is 106 Å². The Hall–Kier alpha value is -1.91. The minimum absolute atomic E-state index is 0. The Labute approximate surface area is 217 Å². The van der Waals surface area contributed by atoms with Gasteiger partial charge in [0.1, 0.15) is 23.2 Å². The molecule has 0 saturated heterocycles. The lowest BCUT2D eigenvalue weighted by Gasteiger charge is -2.27. The van der Waals surface area contributed by atoms with Crippen LogP contribution in [0.25, 0.3) is 0 Å². The highest BCUT2D eigenvalue weighted by Crippen LogP contribution is 2.55. The molecule has 0 aliphatic rings. The normalized spacial score (nSPS) is 11.2. The summed E-state index contributed by atoms with van der Waals surface area (Å²) in [6, 6.07) is 34.0. The van der Waals surface area contributed by atoms with Gasteiger partial charge < -0.3 is 0 Å². The van der Waals surface area contributed by atoms with Crippen molar-refractivity contribution in [2.45, 2.75) is 97.8 Å². The molecule has 0 radical (unpaired) electrons. The minimum atomic E-state index is -1.64. The second-order valence-electron chi connectivity index (χ2n) is 9.78. The van der Waals surface area contributed by atoms with Crippen molar-refractivity contribution in [3.8, 4) is 0 Å². The van der Waals surface area contributed by atoms with Gasteiger partial charge in [-0.25, -0.2) is 0 Å². The average Bonchev–Trinajstić information content (AvgIpc) is 2.91. The highest BCUT2D eigenvalue weighted by molar-refractivity contribution is 7.95. The van der Waals surface area contributed by atoms with E-state index >= 15 is 0 Å². The van der Waals surface area contributed by atoms with Crippen LogP contribution in [0.2, 0.25) is 0 Å². The van der Waals surface area contributed by atoms with Crippen LogP contribution < -0.4 is 15.9 Å². The first-order valence-electron chi connectivity index (χ1n) is 13.9. The monoisotopic (exact) mass is 489 g/mol. The fourth-order valence-corrected chi connectivity index (χ4v) is 9.66. The summed E-state index contributed by atoms with van der Waals surface area (Å²) >= 11 is 0. The third kappa shape index (κ3) is 9.24. The van der Waals surface area contributed by atoms with Crippen LogP contribution in [-0.4, -0.2) is 6.16 Å². The van der Waals surface area contributed by atoms with Crippen LogP contribution in [0.4, 0.5) is 0 Å². The van der Waals surface area contributed by atoms with E-state index in [4.69, 9.17) is 0 Å². The minimum Gasteiger partial charge on any atom is -0.0776 e. The van der Waals surface area contributed by atoms with Crippen LogP contribution in [0.15, 0.2) is 91.0 Å². The standard InChI is InChI=1S/C33H46P.CH4/c1-2-3-4-5-6-7-8-9-10-11-12-13-23-30-34(31-24-17-14-18-25-31,32-26-19-15-20-27-32)33-28-21-16-22-29-33;/h14-22,24-29H,2-13,23,30H2,1H3;1H4/q+1;. The van der Waals surface area contributed by atoms with E-state index in [-0.39, 0.29) is 7.43 Å². The predicted octanol–water partition coefficient (Wildman–Crippen LogP) is 9.71. The molecular weight excluding hydrogens is 439 g/mol. The maximum absolute atomic E-state index is 2.37. The second-order valence-corrected chi connectivity index (χ2v) is 13.4. The summed E-state index contributed by atoms with van der Waals surface area (Å²) in [6.07, 6.45) is 19.6. The van der Waals surface area contributed by atoms with E-state index in [1.807, 2.05) is 0 Å². The van der Waals surface area contributed by atoms with Crippen molar-refractivity contribution in [3.63, 3.8) is 0 Å². The van der Waals surface area contributed by atoms with E-state index in [1.54, 1.807) is 0 Å².